The fourth-order valence-electron chi connectivity index (χ4n) is 4.48. The van der Waals surface area contributed by atoms with Crippen molar-refractivity contribution in [1.29, 1.82) is 0 Å². The molecule has 0 saturated carbocycles. The molecule has 0 N–H and O–H groups in total. The number of rotatable bonds is 4. The van der Waals surface area contributed by atoms with E-state index in [1.54, 1.807) is 0 Å². The molecule has 2 aliphatic rings. The van der Waals surface area contributed by atoms with Crippen LogP contribution in [-0.4, -0.2) is 29.6 Å². The summed E-state index contributed by atoms with van der Waals surface area (Å²) < 4.78 is 11.5. The summed E-state index contributed by atoms with van der Waals surface area (Å²) in [4.78, 5) is 6.72. The van der Waals surface area contributed by atoms with Gasteiger partial charge in [0.05, 0.1) is 0 Å². The van der Waals surface area contributed by atoms with E-state index in [0.29, 0.717) is 19.3 Å². The molecule has 3 aromatic rings. The van der Waals surface area contributed by atoms with Crippen LogP contribution in [0.4, 0.5) is 0 Å². The maximum absolute atomic E-state index is 5.80. The average Bonchev–Trinajstić information content (AvgIpc) is 3.23. The lowest BCUT2D eigenvalue weighted by Crippen LogP contribution is -2.23. The molecular formula is C25H26N2O2. The van der Waals surface area contributed by atoms with Gasteiger partial charge < -0.3 is 9.47 Å². The normalized spacial score (nSPS) is 18.7. The van der Waals surface area contributed by atoms with Gasteiger partial charge in [0.15, 0.2) is 11.5 Å². The minimum absolute atomic E-state index is 0.435. The van der Waals surface area contributed by atoms with Crippen LogP contribution in [0.2, 0.25) is 0 Å². The Bertz CT molecular complexity index is 1000. The van der Waals surface area contributed by atoms with Crippen molar-refractivity contribution >= 4 is 0 Å². The summed E-state index contributed by atoms with van der Waals surface area (Å²) in [5.41, 5.74) is 6.53. The zero-order chi connectivity index (χ0) is 19.6. The van der Waals surface area contributed by atoms with Crippen molar-refractivity contribution in [3.63, 3.8) is 0 Å². The van der Waals surface area contributed by atoms with Gasteiger partial charge in [0.1, 0.15) is 13.2 Å². The number of ether oxygens (including phenoxy) is 2. The Morgan fingerprint density at radius 2 is 1.76 bits per heavy atom. The third-order valence-corrected chi connectivity index (χ3v) is 6.04. The molecule has 1 fully saturated rings. The predicted molar refractivity (Wildman–Crippen MR) is 114 cm³/mol. The van der Waals surface area contributed by atoms with Gasteiger partial charge in [-0.1, -0.05) is 24.3 Å². The summed E-state index contributed by atoms with van der Waals surface area (Å²) in [6.45, 7) is 5.59. The standard InChI is InChI=1S/C25H26N2O2/c1-18-15-20(19-8-10-26-11-9-19)4-5-22(18)17-27-12-2-3-23(27)21-6-7-24-25(16-21)29-14-13-28-24/h4-11,15-16,23H,2-3,12-14,17H2,1H3. The van der Waals surface area contributed by atoms with Gasteiger partial charge >= 0.3 is 0 Å². The number of hydrogen-bond donors (Lipinski definition) is 0. The highest BCUT2D eigenvalue weighted by Gasteiger charge is 2.27. The molecular weight excluding hydrogens is 360 g/mol. The molecule has 4 heteroatoms. The summed E-state index contributed by atoms with van der Waals surface area (Å²) in [6.07, 6.45) is 6.11. The topological polar surface area (TPSA) is 34.6 Å². The van der Waals surface area contributed by atoms with Gasteiger partial charge in [0, 0.05) is 25.0 Å². The highest BCUT2D eigenvalue weighted by atomic mass is 16.6. The zero-order valence-electron chi connectivity index (χ0n) is 16.8. The van der Waals surface area contributed by atoms with E-state index in [9.17, 15) is 0 Å². The summed E-state index contributed by atoms with van der Waals surface area (Å²) in [5.74, 6) is 1.76. The van der Waals surface area contributed by atoms with Crippen molar-refractivity contribution in [2.75, 3.05) is 19.8 Å². The van der Waals surface area contributed by atoms with Crippen molar-refractivity contribution in [3.8, 4) is 22.6 Å². The molecule has 1 saturated heterocycles. The summed E-state index contributed by atoms with van der Waals surface area (Å²) in [7, 11) is 0. The molecule has 0 amide bonds. The Kier molecular flexibility index (Phi) is 4.94. The van der Waals surface area contributed by atoms with Gasteiger partial charge in [-0.3, -0.25) is 9.88 Å². The molecule has 2 aliphatic heterocycles. The third kappa shape index (κ3) is 3.73. The molecule has 0 aliphatic carbocycles. The number of pyridine rings is 1. The number of benzene rings is 2. The molecule has 1 aromatic heterocycles. The van der Waals surface area contributed by atoms with Crippen LogP contribution in [0.25, 0.3) is 11.1 Å². The van der Waals surface area contributed by atoms with Crippen LogP contribution in [0.1, 0.15) is 35.6 Å². The largest absolute Gasteiger partial charge is 0.486 e. The maximum atomic E-state index is 5.80. The van der Waals surface area contributed by atoms with Gasteiger partial charge in [0.2, 0.25) is 0 Å². The minimum atomic E-state index is 0.435. The van der Waals surface area contributed by atoms with Crippen molar-refractivity contribution in [3.05, 3.63) is 77.6 Å². The van der Waals surface area contributed by atoms with Crippen molar-refractivity contribution < 1.29 is 9.47 Å². The number of fused-ring (bicyclic) bond motifs is 1. The highest BCUT2D eigenvalue weighted by Crippen LogP contribution is 2.39. The second kappa shape index (κ2) is 7.88. The molecule has 0 spiro atoms. The van der Waals surface area contributed by atoms with E-state index in [1.165, 1.54) is 40.7 Å². The van der Waals surface area contributed by atoms with Crippen LogP contribution in [0, 0.1) is 6.92 Å². The smallest absolute Gasteiger partial charge is 0.161 e. The van der Waals surface area contributed by atoms with Crippen LogP contribution >= 0.6 is 0 Å². The number of likely N-dealkylation sites (tertiary alicyclic amines) is 1. The van der Waals surface area contributed by atoms with Gasteiger partial charge in [0.25, 0.3) is 0 Å². The summed E-state index contributed by atoms with van der Waals surface area (Å²) in [6, 6.07) is 17.8. The predicted octanol–water partition coefficient (Wildman–Crippen LogP) is 5.17. The first-order valence-electron chi connectivity index (χ1n) is 10.4. The van der Waals surface area contributed by atoms with E-state index < -0.39 is 0 Å². The summed E-state index contributed by atoms with van der Waals surface area (Å²) >= 11 is 0. The molecule has 3 heterocycles. The zero-order valence-corrected chi connectivity index (χ0v) is 16.8. The number of aromatic nitrogens is 1. The number of aryl methyl sites for hydroxylation is 1. The quantitative estimate of drug-likeness (QED) is 0.620. The molecule has 0 bridgehead atoms. The molecule has 1 unspecified atom stereocenters. The van der Waals surface area contributed by atoms with Crippen molar-refractivity contribution in [2.45, 2.75) is 32.4 Å². The second-order valence-corrected chi connectivity index (χ2v) is 7.91. The van der Waals surface area contributed by atoms with E-state index in [2.05, 4.69) is 65.3 Å². The molecule has 1 atom stereocenters. The maximum Gasteiger partial charge on any atom is 0.161 e. The first-order chi connectivity index (χ1) is 14.3. The molecule has 5 rings (SSSR count). The monoisotopic (exact) mass is 386 g/mol. The number of nitrogens with zero attached hydrogens (tertiary/aromatic N) is 2. The lowest BCUT2D eigenvalue weighted by Gasteiger charge is -2.27. The Balaban J connectivity index is 1.36. The average molecular weight is 386 g/mol. The van der Waals surface area contributed by atoms with Gasteiger partial charge in [-0.15, -0.1) is 0 Å². The molecule has 4 nitrogen and oxygen atoms in total. The first kappa shape index (κ1) is 18.2. The number of hydrogen-bond acceptors (Lipinski definition) is 4. The van der Waals surface area contributed by atoms with E-state index in [1.807, 2.05) is 12.4 Å². The minimum Gasteiger partial charge on any atom is -0.486 e. The van der Waals surface area contributed by atoms with E-state index >= 15 is 0 Å². The molecule has 148 valence electrons. The third-order valence-electron chi connectivity index (χ3n) is 6.04. The van der Waals surface area contributed by atoms with Gasteiger partial charge in [-0.25, -0.2) is 0 Å². The fraction of sp³-hybridized carbons (Fsp3) is 0.320. The van der Waals surface area contributed by atoms with Crippen LogP contribution in [0.15, 0.2) is 60.9 Å². The van der Waals surface area contributed by atoms with Crippen LogP contribution in [0.3, 0.4) is 0 Å². The van der Waals surface area contributed by atoms with E-state index in [0.717, 1.165) is 24.6 Å². The van der Waals surface area contributed by atoms with E-state index in [-0.39, 0.29) is 0 Å². The summed E-state index contributed by atoms with van der Waals surface area (Å²) in [5, 5.41) is 0. The van der Waals surface area contributed by atoms with Crippen LogP contribution in [-0.2, 0) is 6.54 Å². The SMILES string of the molecule is Cc1cc(-c2ccncc2)ccc1CN1CCCC1c1ccc2c(c1)OCCO2. The van der Waals surface area contributed by atoms with Crippen molar-refractivity contribution in [2.24, 2.45) is 0 Å². The fourth-order valence-corrected chi connectivity index (χ4v) is 4.48. The Labute approximate surface area is 172 Å². The van der Waals surface area contributed by atoms with Crippen LogP contribution < -0.4 is 9.47 Å². The van der Waals surface area contributed by atoms with Gasteiger partial charge in [-0.05, 0) is 78.4 Å². The highest BCUT2D eigenvalue weighted by molar-refractivity contribution is 5.64. The molecule has 2 aromatic carbocycles. The Hall–Kier alpha value is -2.85. The second-order valence-electron chi connectivity index (χ2n) is 7.91. The lowest BCUT2D eigenvalue weighted by atomic mass is 9.99. The van der Waals surface area contributed by atoms with Crippen LogP contribution in [0.5, 0.6) is 11.5 Å². The Morgan fingerprint density at radius 3 is 2.59 bits per heavy atom. The van der Waals surface area contributed by atoms with Gasteiger partial charge in [-0.2, -0.15) is 0 Å². The lowest BCUT2D eigenvalue weighted by molar-refractivity contribution is 0.170. The first-order valence-corrected chi connectivity index (χ1v) is 10.4. The Morgan fingerprint density at radius 1 is 0.931 bits per heavy atom. The van der Waals surface area contributed by atoms with E-state index in [4.69, 9.17) is 9.47 Å². The molecule has 29 heavy (non-hydrogen) atoms. The van der Waals surface area contributed by atoms with Crippen molar-refractivity contribution in [1.82, 2.24) is 9.88 Å². The molecule has 0 radical (unpaired) electrons.